The van der Waals surface area contributed by atoms with Gasteiger partial charge in [-0.1, -0.05) is 0 Å². The van der Waals surface area contributed by atoms with E-state index >= 15 is 0 Å². The molecule has 18 heavy (non-hydrogen) atoms. The molecule has 0 aromatic carbocycles. The fourth-order valence-electron chi connectivity index (χ4n) is 1.42. The summed E-state index contributed by atoms with van der Waals surface area (Å²) in [6.45, 7) is 0.688. The van der Waals surface area contributed by atoms with E-state index in [9.17, 15) is 4.79 Å². The highest BCUT2D eigenvalue weighted by Gasteiger charge is 2.02. The molecule has 0 saturated carbocycles. The topological polar surface area (TPSA) is 96.7 Å². The summed E-state index contributed by atoms with van der Waals surface area (Å²) in [7, 11) is 0. The molecule has 0 radical (unpaired) electrons. The molecular weight excluding hydrogens is 250 g/mol. The lowest BCUT2D eigenvalue weighted by atomic mass is 10.3. The first-order valence-electron chi connectivity index (χ1n) is 5.19. The second-order valence-electron chi connectivity index (χ2n) is 3.66. The number of nitrogens with two attached hydrogens (primary N) is 1. The van der Waals surface area contributed by atoms with Gasteiger partial charge in [0.15, 0.2) is 0 Å². The molecule has 7 heteroatoms. The normalized spacial score (nSPS) is 9.94. The van der Waals surface area contributed by atoms with Gasteiger partial charge in [0.25, 0.3) is 0 Å². The highest BCUT2D eigenvalue weighted by Crippen LogP contribution is 2.15. The number of amides is 1. The van der Waals surface area contributed by atoms with Gasteiger partial charge in [0.1, 0.15) is 12.6 Å². The van der Waals surface area contributed by atoms with E-state index in [4.69, 9.17) is 11.0 Å². The Hall–Kier alpha value is -2.33. The molecular formula is C11H11N5OS. The molecule has 2 heterocycles. The molecule has 0 aliphatic heterocycles. The summed E-state index contributed by atoms with van der Waals surface area (Å²) in [5.74, 6) is -0.429. The third-order valence-electron chi connectivity index (χ3n) is 2.20. The lowest BCUT2D eigenvalue weighted by Crippen LogP contribution is -2.18. The standard InChI is InChI=1S/C11H11N5OS/c12-2-8-1-10(18-7-8)4-14-9-3-15-16(5-9)6-11(13)17/h1,3,5,7,14H,4,6H2,(H2,13,17). The van der Waals surface area contributed by atoms with Crippen LogP contribution in [0.2, 0.25) is 0 Å². The number of nitriles is 1. The molecule has 2 aromatic heterocycles. The minimum atomic E-state index is -0.429. The molecule has 0 aliphatic carbocycles. The summed E-state index contributed by atoms with van der Waals surface area (Å²) in [5, 5.41) is 17.7. The van der Waals surface area contributed by atoms with E-state index in [1.165, 1.54) is 16.0 Å². The van der Waals surface area contributed by atoms with Crippen molar-refractivity contribution in [2.45, 2.75) is 13.1 Å². The second kappa shape index (κ2) is 5.33. The van der Waals surface area contributed by atoms with Crippen molar-refractivity contribution in [3.63, 3.8) is 0 Å². The number of nitrogens with zero attached hydrogens (tertiary/aromatic N) is 3. The number of hydrogen-bond donors (Lipinski definition) is 2. The molecule has 6 nitrogen and oxygen atoms in total. The molecule has 0 aliphatic rings. The first-order valence-corrected chi connectivity index (χ1v) is 6.07. The summed E-state index contributed by atoms with van der Waals surface area (Å²) in [5.41, 5.74) is 6.54. The number of carbonyl (C=O) groups excluding carboxylic acids is 1. The third-order valence-corrected chi connectivity index (χ3v) is 3.14. The molecule has 92 valence electrons. The van der Waals surface area contributed by atoms with E-state index in [1.807, 2.05) is 11.4 Å². The van der Waals surface area contributed by atoms with Crippen LogP contribution >= 0.6 is 11.3 Å². The van der Waals surface area contributed by atoms with Gasteiger partial charge in [0.05, 0.1) is 17.4 Å². The summed E-state index contributed by atoms with van der Waals surface area (Å²) in [6, 6.07) is 3.92. The van der Waals surface area contributed by atoms with Gasteiger partial charge >= 0.3 is 0 Å². The smallest absolute Gasteiger partial charge is 0.239 e. The van der Waals surface area contributed by atoms with Gasteiger partial charge in [0, 0.05) is 23.0 Å². The van der Waals surface area contributed by atoms with Crippen LogP contribution in [0.1, 0.15) is 10.4 Å². The van der Waals surface area contributed by atoms with Gasteiger partial charge in [-0.05, 0) is 6.07 Å². The van der Waals surface area contributed by atoms with Crippen molar-refractivity contribution in [3.05, 3.63) is 34.3 Å². The van der Waals surface area contributed by atoms with Crippen LogP contribution in [0.25, 0.3) is 0 Å². The van der Waals surface area contributed by atoms with Crippen molar-refractivity contribution in [1.82, 2.24) is 9.78 Å². The molecule has 3 N–H and O–H groups in total. The van der Waals surface area contributed by atoms with Crippen LogP contribution in [0.5, 0.6) is 0 Å². The Labute approximate surface area is 108 Å². The summed E-state index contributed by atoms with van der Waals surface area (Å²) in [4.78, 5) is 11.8. The van der Waals surface area contributed by atoms with E-state index in [2.05, 4.69) is 16.5 Å². The van der Waals surface area contributed by atoms with Crippen LogP contribution in [-0.4, -0.2) is 15.7 Å². The zero-order valence-electron chi connectivity index (χ0n) is 9.46. The fourth-order valence-corrected chi connectivity index (χ4v) is 2.17. The summed E-state index contributed by atoms with van der Waals surface area (Å²) in [6.07, 6.45) is 3.34. The fraction of sp³-hybridized carbons (Fsp3) is 0.182. The van der Waals surface area contributed by atoms with Gasteiger partial charge in [-0.3, -0.25) is 9.48 Å². The maximum absolute atomic E-state index is 10.7. The van der Waals surface area contributed by atoms with E-state index in [0.29, 0.717) is 12.1 Å². The van der Waals surface area contributed by atoms with Crippen LogP contribution < -0.4 is 11.1 Å². The zero-order chi connectivity index (χ0) is 13.0. The van der Waals surface area contributed by atoms with Crippen LogP contribution in [0.3, 0.4) is 0 Å². The number of anilines is 1. The number of nitrogens with one attached hydrogen (secondary N) is 1. The highest BCUT2D eigenvalue weighted by molar-refractivity contribution is 7.10. The van der Waals surface area contributed by atoms with Gasteiger partial charge < -0.3 is 11.1 Å². The average molecular weight is 261 g/mol. The maximum Gasteiger partial charge on any atom is 0.239 e. The van der Waals surface area contributed by atoms with E-state index < -0.39 is 5.91 Å². The largest absolute Gasteiger partial charge is 0.378 e. The first kappa shape index (κ1) is 12.1. The molecule has 0 saturated heterocycles. The highest BCUT2D eigenvalue weighted by atomic mass is 32.1. The Balaban J connectivity index is 1.92. The van der Waals surface area contributed by atoms with Gasteiger partial charge in [-0.2, -0.15) is 10.4 Å². The molecule has 0 fully saturated rings. The van der Waals surface area contributed by atoms with E-state index in [1.54, 1.807) is 12.4 Å². The van der Waals surface area contributed by atoms with Gasteiger partial charge in [-0.25, -0.2) is 0 Å². The van der Waals surface area contributed by atoms with Crippen LogP contribution in [-0.2, 0) is 17.9 Å². The molecule has 0 atom stereocenters. The number of thiophene rings is 1. The van der Waals surface area contributed by atoms with Crippen molar-refractivity contribution >= 4 is 22.9 Å². The Kier molecular flexibility index (Phi) is 3.60. The number of aromatic nitrogens is 2. The molecule has 2 aromatic rings. The van der Waals surface area contributed by atoms with Gasteiger partial charge in [0.2, 0.25) is 5.91 Å². The Bertz CT molecular complexity index is 595. The average Bonchev–Trinajstić information content (AvgIpc) is 2.94. The van der Waals surface area contributed by atoms with Crippen molar-refractivity contribution in [2.75, 3.05) is 5.32 Å². The quantitative estimate of drug-likeness (QED) is 0.836. The predicted octanol–water partition coefficient (Wildman–Crippen LogP) is 0.914. The minimum Gasteiger partial charge on any atom is -0.378 e. The summed E-state index contributed by atoms with van der Waals surface area (Å²) < 4.78 is 1.47. The molecule has 0 unspecified atom stereocenters. The maximum atomic E-state index is 10.7. The summed E-state index contributed by atoms with van der Waals surface area (Å²) >= 11 is 1.52. The molecule has 0 bridgehead atoms. The minimum absolute atomic E-state index is 0.0687. The number of rotatable bonds is 5. The third kappa shape index (κ3) is 3.09. The number of primary amides is 1. The molecule has 0 spiro atoms. The zero-order valence-corrected chi connectivity index (χ0v) is 10.3. The number of hydrogen-bond acceptors (Lipinski definition) is 5. The Morgan fingerprint density at radius 3 is 3.17 bits per heavy atom. The lowest BCUT2D eigenvalue weighted by molar-refractivity contribution is -0.118. The van der Waals surface area contributed by atoms with Crippen molar-refractivity contribution in [2.24, 2.45) is 5.73 Å². The van der Waals surface area contributed by atoms with E-state index in [-0.39, 0.29) is 6.54 Å². The second-order valence-corrected chi connectivity index (χ2v) is 4.66. The SMILES string of the molecule is N#Cc1csc(CNc2cnn(CC(N)=O)c2)c1. The predicted molar refractivity (Wildman–Crippen MR) is 67.8 cm³/mol. The Morgan fingerprint density at radius 2 is 2.50 bits per heavy atom. The van der Waals surface area contributed by atoms with Crippen molar-refractivity contribution in [1.29, 1.82) is 5.26 Å². The molecule has 1 amide bonds. The molecule has 2 rings (SSSR count). The van der Waals surface area contributed by atoms with Crippen molar-refractivity contribution in [3.8, 4) is 6.07 Å². The van der Waals surface area contributed by atoms with Crippen LogP contribution in [0.15, 0.2) is 23.8 Å². The van der Waals surface area contributed by atoms with Gasteiger partial charge in [-0.15, -0.1) is 11.3 Å². The van der Waals surface area contributed by atoms with Crippen LogP contribution in [0, 0.1) is 11.3 Å². The number of carbonyl (C=O) groups is 1. The lowest BCUT2D eigenvalue weighted by Gasteiger charge is -1.99. The van der Waals surface area contributed by atoms with Crippen LogP contribution in [0.4, 0.5) is 5.69 Å². The van der Waals surface area contributed by atoms with Crippen molar-refractivity contribution < 1.29 is 4.79 Å². The Morgan fingerprint density at radius 1 is 1.67 bits per heavy atom. The monoisotopic (exact) mass is 261 g/mol. The first-order chi connectivity index (χ1) is 8.67. The van der Waals surface area contributed by atoms with E-state index in [0.717, 1.165) is 10.6 Å².